The fraction of sp³-hybridized carbons (Fsp3) is 0.667. The van der Waals surface area contributed by atoms with Crippen LogP contribution in [0.1, 0.15) is 24.8 Å². The van der Waals surface area contributed by atoms with Crippen molar-refractivity contribution in [3.05, 3.63) is 32.6 Å². The molecule has 0 saturated carbocycles. The highest BCUT2D eigenvalue weighted by atomic mass is 16.5. The van der Waals surface area contributed by atoms with Crippen LogP contribution < -0.4 is 11.2 Å². The van der Waals surface area contributed by atoms with Crippen molar-refractivity contribution in [1.82, 2.24) is 14.5 Å². The molecule has 0 radical (unpaired) electrons. The summed E-state index contributed by atoms with van der Waals surface area (Å²) < 4.78 is 6.77. The van der Waals surface area contributed by atoms with Crippen molar-refractivity contribution in [3.8, 4) is 0 Å². The van der Waals surface area contributed by atoms with Gasteiger partial charge in [-0.25, -0.2) is 4.79 Å². The molecule has 1 N–H and O–H groups in total. The monoisotopic (exact) mass is 307 g/mol. The van der Waals surface area contributed by atoms with Crippen LogP contribution in [0.4, 0.5) is 0 Å². The Balaban J connectivity index is 1.73. The highest BCUT2D eigenvalue weighted by molar-refractivity contribution is 5.76. The van der Waals surface area contributed by atoms with Gasteiger partial charge in [-0.2, -0.15) is 0 Å². The van der Waals surface area contributed by atoms with Crippen molar-refractivity contribution in [3.63, 3.8) is 0 Å². The predicted octanol–water partition coefficient (Wildman–Crippen LogP) is -0.126. The summed E-state index contributed by atoms with van der Waals surface area (Å²) in [5.41, 5.74) is -0.430. The number of carbonyl (C=O) groups is 1. The van der Waals surface area contributed by atoms with E-state index < -0.39 is 11.2 Å². The first kappa shape index (κ1) is 15.0. The second-order valence-corrected chi connectivity index (χ2v) is 6.42. The Kier molecular flexibility index (Phi) is 3.90. The number of likely N-dealkylation sites (tertiary alicyclic amines) is 1. The average Bonchev–Trinajstić information content (AvgIpc) is 2.92. The van der Waals surface area contributed by atoms with E-state index in [-0.39, 0.29) is 17.9 Å². The molecule has 1 spiro atoms. The first-order valence-corrected chi connectivity index (χ1v) is 7.65. The summed E-state index contributed by atoms with van der Waals surface area (Å²) in [4.78, 5) is 39.7. The van der Waals surface area contributed by atoms with E-state index in [2.05, 4.69) is 4.98 Å². The number of H-pyrrole nitrogens is 1. The maximum Gasteiger partial charge on any atom is 0.328 e. The third-order valence-electron chi connectivity index (χ3n) is 4.69. The molecule has 1 aromatic rings. The van der Waals surface area contributed by atoms with Crippen molar-refractivity contribution < 1.29 is 9.53 Å². The van der Waals surface area contributed by atoms with Crippen molar-refractivity contribution in [2.24, 2.45) is 5.41 Å². The summed E-state index contributed by atoms with van der Waals surface area (Å²) in [5.74, 6) is -0.0838. The zero-order valence-corrected chi connectivity index (χ0v) is 12.8. The molecular formula is C15H21N3O4. The molecule has 1 atom stereocenters. The lowest BCUT2D eigenvalue weighted by molar-refractivity contribution is -0.135. The van der Waals surface area contributed by atoms with Gasteiger partial charge in [0.1, 0.15) is 6.54 Å². The maximum atomic E-state index is 12.5. The lowest BCUT2D eigenvalue weighted by Crippen LogP contribution is -2.48. The van der Waals surface area contributed by atoms with E-state index in [1.54, 1.807) is 6.92 Å². The molecule has 0 unspecified atom stereocenters. The number of rotatable bonds is 2. The number of aromatic amines is 1. The topological polar surface area (TPSA) is 84.4 Å². The van der Waals surface area contributed by atoms with E-state index in [0.29, 0.717) is 18.7 Å². The minimum atomic E-state index is -0.542. The summed E-state index contributed by atoms with van der Waals surface area (Å²) in [6.45, 7) is 4.48. The molecule has 2 fully saturated rings. The summed E-state index contributed by atoms with van der Waals surface area (Å²) in [5, 5.41) is 0. The molecule has 0 bridgehead atoms. The van der Waals surface area contributed by atoms with Gasteiger partial charge in [0.25, 0.3) is 5.56 Å². The molecule has 0 aromatic carbocycles. The van der Waals surface area contributed by atoms with Gasteiger partial charge in [-0.05, 0) is 26.2 Å². The van der Waals surface area contributed by atoms with E-state index in [0.717, 1.165) is 32.4 Å². The number of nitrogens with one attached hydrogen (secondary N) is 1. The number of piperidine rings is 1. The second-order valence-electron chi connectivity index (χ2n) is 6.42. The SMILES string of the molecule is Cc1cn(CC(=O)N2CCC[C@@]3(CCOC3)C2)c(=O)[nH]c1=O. The molecule has 1 amide bonds. The van der Waals surface area contributed by atoms with Gasteiger partial charge in [-0.1, -0.05) is 0 Å². The highest BCUT2D eigenvalue weighted by Gasteiger charge is 2.40. The average molecular weight is 307 g/mol. The van der Waals surface area contributed by atoms with Gasteiger partial charge in [-0.15, -0.1) is 0 Å². The van der Waals surface area contributed by atoms with Gasteiger partial charge in [0.2, 0.25) is 5.91 Å². The van der Waals surface area contributed by atoms with Gasteiger partial charge in [-0.3, -0.25) is 19.1 Å². The van der Waals surface area contributed by atoms with Gasteiger partial charge in [0.05, 0.1) is 6.61 Å². The fourth-order valence-corrected chi connectivity index (χ4v) is 3.37. The highest BCUT2D eigenvalue weighted by Crippen LogP contribution is 2.37. The zero-order chi connectivity index (χ0) is 15.7. The van der Waals surface area contributed by atoms with Crippen molar-refractivity contribution in [2.75, 3.05) is 26.3 Å². The van der Waals surface area contributed by atoms with Gasteiger partial charge in [0, 0.05) is 36.9 Å². The van der Waals surface area contributed by atoms with Crippen LogP contribution in [0.2, 0.25) is 0 Å². The molecule has 2 aliphatic heterocycles. The molecule has 2 aliphatic rings. The minimum Gasteiger partial charge on any atom is -0.381 e. The predicted molar refractivity (Wildman–Crippen MR) is 79.7 cm³/mol. The number of nitrogens with zero attached hydrogens (tertiary/aromatic N) is 2. The van der Waals surface area contributed by atoms with Crippen LogP contribution in [-0.2, 0) is 16.1 Å². The van der Waals surface area contributed by atoms with Crippen LogP contribution >= 0.6 is 0 Å². The number of aryl methyl sites for hydroxylation is 1. The summed E-state index contributed by atoms with van der Waals surface area (Å²) >= 11 is 0. The second kappa shape index (κ2) is 5.72. The third kappa shape index (κ3) is 2.85. The standard InChI is InChI=1S/C15H21N3O4/c1-11-7-18(14(21)16-13(11)20)8-12(19)17-5-2-3-15(9-17)4-6-22-10-15/h7H,2-6,8-10H2,1H3,(H,16,20,21)/t15-/m1/s1. The largest absolute Gasteiger partial charge is 0.381 e. The molecule has 3 rings (SSSR count). The Hall–Kier alpha value is -1.89. The summed E-state index contributed by atoms with van der Waals surface area (Å²) in [6, 6.07) is 0. The van der Waals surface area contributed by atoms with E-state index in [9.17, 15) is 14.4 Å². The smallest absolute Gasteiger partial charge is 0.328 e. The Morgan fingerprint density at radius 3 is 2.95 bits per heavy atom. The molecule has 7 heteroatoms. The zero-order valence-electron chi connectivity index (χ0n) is 12.8. The van der Waals surface area contributed by atoms with Crippen molar-refractivity contribution in [1.29, 1.82) is 0 Å². The molecule has 1 aromatic heterocycles. The first-order valence-electron chi connectivity index (χ1n) is 7.65. The van der Waals surface area contributed by atoms with Crippen molar-refractivity contribution in [2.45, 2.75) is 32.7 Å². The van der Waals surface area contributed by atoms with Gasteiger partial charge < -0.3 is 9.64 Å². The number of amides is 1. The Morgan fingerprint density at radius 2 is 2.23 bits per heavy atom. The summed E-state index contributed by atoms with van der Waals surface area (Å²) in [7, 11) is 0. The van der Waals surface area contributed by atoms with E-state index in [1.807, 2.05) is 4.90 Å². The lowest BCUT2D eigenvalue weighted by Gasteiger charge is -2.39. The third-order valence-corrected chi connectivity index (χ3v) is 4.69. The number of hydrogen-bond acceptors (Lipinski definition) is 4. The van der Waals surface area contributed by atoms with Gasteiger partial charge >= 0.3 is 5.69 Å². The quantitative estimate of drug-likeness (QED) is 0.825. The van der Waals surface area contributed by atoms with Crippen LogP contribution in [0, 0.1) is 12.3 Å². The van der Waals surface area contributed by atoms with Crippen LogP contribution in [-0.4, -0.2) is 46.7 Å². The normalized spacial score (nSPS) is 24.9. The van der Waals surface area contributed by atoms with Crippen LogP contribution in [0.15, 0.2) is 15.8 Å². The Labute approximate surface area is 127 Å². The van der Waals surface area contributed by atoms with Gasteiger partial charge in [0.15, 0.2) is 0 Å². The Bertz CT molecular complexity index is 685. The fourth-order valence-electron chi connectivity index (χ4n) is 3.37. The molecule has 2 saturated heterocycles. The van der Waals surface area contributed by atoms with Crippen LogP contribution in [0.3, 0.4) is 0 Å². The number of carbonyl (C=O) groups excluding carboxylic acids is 1. The van der Waals surface area contributed by atoms with Crippen LogP contribution in [0.5, 0.6) is 0 Å². The molecule has 22 heavy (non-hydrogen) atoms. The molecule has 120 valence electrons. The van der Waals surface area contributed by atoms with Crippen LogP contribution in [0.25, 0.3) is 0 Å². The number of ether oxygens (including phenoxy) is 1. The van der Waals surface area contributed by atoms with E-state index in [1.165, 1.54) is 10.8 Å². The number of hydrogen-bond donors (Lipinski definition) is 1. The minimum absolute atomic E-state index is 0.0343. The molecule has 7 nitrogen and oxygen atoms in total. The van der Waals surface area contributed by atoms with E-state index >= 15 is 0 Å². The maximum absolute atomic E-state index is 12.5. The van der Waals surface area contributed by atoms with Crippen molar-refractivity contribution >= 4 is 5.91 Å². The molecule has 0 aliphatic carbocycles. The molecular weight excluding hydrogens is 286 g/mol. The summed E-state index contributed by atoms with van der Waals surface area (Å²) in [6.07, 6.45) is 4.50. The number of aromatic nitrogens is 2. The lowest BCUT2D eigenvalue weighted by atomic mass is 9.79. The Morgan fingerprint density at radius 1 is 1.41 bits per heavy atom. The van der Waals surface area contributed by atoms with E-state index in [4.69, 9.17) is 4.74 Å². The first-order chi connectivity index (χ1) is 10.5. The molecule has 3 heterocycles.